The van der Waals surface area contributed by atoms with Crippen LogP contribution in [0.4, 0.5) is 13.2 Å². The molecule has 3 aromatic rings. The van der Waals surface area contributed by atoms with Gasteiger partial charge in [-0.2, -0.15) is 18.4 Å². The minimum Gasteiger partial charge on any atom is -0.345 e. The van der Waals surface area contributed by atoms with Gasteiger partial charge >= 0.3 is 6.18 Å². The third kappa shape index (κ3) is 2.89. The molecule has 7 nitrogen and oxygen atoms in total. The number of nitrogens with zero attached hydrogens (tertiary/aromatic N) is 5. The average Bonchev–Trinajstić information content (AvgIpc) is 3.26. The highest BCUT2D eigenvalue weighted by molar-refractivity contribution is 5.78. The fourth-order valence-electron chi connectivity index (χ4n) is 3.77. The molecule has 140 valence electrons. The molecule has 1 saturated heterocycles. The van der Waals surface area contributed by atoms with Gasteiger partial charge in [0.25, 0.3) is 0 Å². The lowest BCUT2D eigenvalue weighted by Gasteiger charge is -2.38. The van der Waals surface area contributed by atoms with E-state index >= 15 is 0 Å². The van der Waals surface area contributed by atoms with Crippen molar-refractivity contribution in [2.75, 3.05) is 13.1 Å². The predicted octanol–water partition coefficient (Wildman–Crippen LogP) is 2.62. The molecule has 3 aromatic heterocycles. The molecule has 0 radical (unpaired) electrons. The summed E-state index contributed by atoms with van der Waals surface area (Å²) >= 11 is 0. The molecule has 0 saturated carbocycles. The van der Waals surface area contributed by atoms with Gasteiger partial charge in [0.1, 0.15) is 12.2 Å². The van der Waals surface area contributed by atoms with Crippen molar-refractivity contribution < 1.29 is 18.0 Å². The van der Waals surface area contributed by atoms with E-state index in [1.807, 2.05) is 0 Å². The van der Waals surface area contributed by atoms with Crippen LogP contribution in [-0.2, 0) is 4.79 Å². The zero-order chi connectivity index (χ0) is 19.2. The number of aromatic amines is 1. The standard InChI is InChI=1S/C17H15F3N6O/c18-17(19,20)12-3-6-25(14(27)1-4-21)9-11(12)16-24-8-10-7-23-15-13(26(10)16)2-5-22-15/h2,5,7-8,11-12,22H,1,3,6,9H2. The van der Waals surface area contributed by atoms with Crippen LogP contribution in [0.25, 0.3) is 16.7 Å². The number of H-pyrrole nitrogens is 1. The monoisotopic (exact) mass is 376 g/mol. The van der Waals surface area contributed by atoms with Crippen molar-refractivity contribution in [3.63, 3.8) is 0 Å². The molecular weight excluding hydrogens is 361 g/mol. The van der Waals surface area contributed by atoms with Gasteiger partial charge in [-0.1, -0.05) is 0 Å². The fourth-order valence-corrected chi connectivity index (χ4v) is 3.77. The Morgan fingerprint density at radius 3 is 2.89 bits per heavy atom. The average molecular weight is 376 g/mol. The van der Waals surface area contributed by atoms with Crippen LogP contribution < -0.4 is 0 Å². The summed E-state index contributed by atoms with van der Waals surface area (Å²) in [5.41, 5.74) is 1.75. The lowest BCUT2D eigenvalue weighted by Crippen LogP contribution is -2.47. The summed E-state index contributed by atoms with van der Waals surface area (Å²) in [5.74, 6) is -2.85. The Hall–Kier alpha value is -3.09. The molecule has 0 bridgehead atoms. The largest absolute Gasteiger partial charge is 0.392 e. The van der Waals surface area contributed by atoms with Crippen LogP contribution in [0.15, 0.2) is 24.7 Å². The molecule has 27 heavy (non-hydrogen) atoms. The Kier molecular flexibility index (Phi) is 4.02. The number of hydrogen-bond donors (Lipinski definition) is 1. The van der Waals surface area contributed by atoms with Gasteiger partial charge in [-0.05, 0) is 12.5 Å². The van der Waals surface area contributed by atoms with Crippen LogP contribution >= 0.6 is 0 Å². The van der Waals surface area contributed by atoms with E-state index in [1.54, 1.807) is 28.9 Å². The second-order valence-electron chi connectivity index (χ2n) is 6.56. The van der Waals surface area contributed by atoms with Crippen molar-refractivity contribution in [2.45, 2.75) is 24.9 Å². The van der Waals surface area contributed by atoms with E-state index < -0.39 is 23.9 Å². The summed E-state index contributed by atoms with van der Waals surface area (Å²) in [4.78, 5) is 24.8. The quantitative estimate of drug-likeness (QED) is 0.744. The van der Waals surface area contributed by atoms with E-state index in [0.29, 0.717) is 16.7 Å². The SMILES string of the molecule is N#CCC(=O)N1CCC(C(F)(F)F)C(c2ncc3cnc4[nH]ccc4n23)C1. The van der Waals surface area contributed by atoms with Crippen LogP contribution in [0.2, 0.25) is 0 Å². The van der Waals surface area contributed by atoms with Gasteiger partial charge in [-0.25, -0.2) is 9.97 Å². The minimum absolute atomic E-state index is 0.0222. The Morgan fingerprint density at radius 2 is 2.15 bits per heavy atom. The smallest absolute Gasteiger partial charge is 0.345 e. The van der Waals surface area contributed by atoms with Crippen molar-refractivity contribution in [1.29, 1.82) is 5.26 Å². The first kappa shape index (κ1) is 17.3. The van der Waals surface area contributed by atoms with E-state index in [2.05, 4.69) is 15.0 Å². The van der Waals surface area contributed by atoms with Crippen LogP contribution in [0.3, 0.4) is 0 Å². The second-order valence-corrected chi connectivity index (χ2v) is 6.56. The van der Waals surface area contributed by atoms with E-state index in [-0.39, 0.29) is 31.8 Å². The van der Waals surface area contributed by atoms with Gasteiger partial charge in [0.05, 0.1) is 35.4 Å². The summed E-state index contributed by atoms with van der Waals surface area (Å²) in [5, 5.41) is 8.73. The number of rotatable bonds is 2. The molecule has 4 rings (SSSR count). The van der Waals surface area contributed by atoms with Crippen molar-refractivity contribution in [2.24, 2.45) is 5.92 Å². The molecule has 1 amide bonds. The number of halogens is 3. The number of aromatic nitrogens is 4. The zero-order valence-electron chi connectivity index (χ0n) is 14.1. The lowest BCUT2D eigenvalue weighted by atomic mass is 9.84. The number of alkyl halides is 3. The van der Waals surface area contributed by atoms with E-state index in [1.165, 1.54) is 11.1 Å². The van der Waals surface area contributed by atoms with Gasteiger partial charge in [-0.3, -0.25) is 9.20 Å². The Morgan fingerprint density at radius 1 is 1.37 bits per heavy atom. The van der Waals surface area contributed by atoms with Gasteiger partial charge in [-0.15, -0.1) is 0 Å². The Bertz CT molecular complexity index is 1050. The van der Waals surface area contributed by atoms with Crippen LogP contribution in [0.5, 0.6) is 0 Å². The van der Waals surface area contributed by atoms with Crippen molar-refractivity contribution in [1.82, 2.24) is 24.3 Å². The number of imidazole rings is 1. The number of nitriles is 1. The molecule has 1 aliphatic rings. The maximum Gasteiger partial charge on any atom is 0.392 e. The minimum atomic E-state index is -4.41. The molecular formula is C17H15F3N6O. The first-order valence-corrected chi connectivity index (χ1v) is 8.41. The van der Waals surface area contributed by atoms with Crippen LogP contribution in [-0.4, -0.2) is 49.4 Å². The second kappa shape index (κ2) is 6.26. The van der Waals surface area contributed by atoms with Crippen molar-refractivity contribution >= 4 is 22.6 Å². The molecule has 1 fully saturated rings. The van der Waals surface area contributed by atoms with Gasteiger partial charge < -0.3 is 9.88 Å². The number of nitrogens with one attached hydrogen (secondary N) is 1. The van der Waals surface area contributed by atoms with E-state index in [4.69, 9.17) is 5.26 Å². The predicted molar refractivity (Wildman–Crippen MR) is 88.6 cm³/mol. The first-order valence-electron chi connectivity index (χ1n) is 8.41. The normalized spacial score (nSPS) is 20.9. The summed E-state index contributed by atoms with van der Waals surface area (Å²) in [7, 11) is 0. The molecule has 0 aliphatic carbocycles. The van der Waals surface area contributed by atoms with Gasteiger partial charge in [0.15, 0.2) is 5.65 Å². The molecule has 0 aromatic carbocycles. The highest BCUT2D eigenvalue weighted by Gasteiger charge is 2.49. The number of amides is 1. The van der Waals surface area contributed by atoms with Crippen LogP contribution in [0, 0.1) is 17.2 Å². The fraction of sp³-hybridized carbons (Fsp3) is 0.412. The van der Waals surface area contributed by atoms with Crippen molar-refractivity contribution in [3.05, 3.63) is 30.5 Å². The first-order chi connectivity index (χ1) is 12.9. The number of hydrogen-bond acceptors (Lipinski definition) is 4. The Labute approximate surface area is 151 Å². The lowest BCUT2D eigenvalue weighted by molar-refractivity contribution is -0.192. The summed E-state index contributed by atoms with van der Waals surface area (Å²) in [6.07, 6.45) is -0.298. The van der Waals surface area contributed by atoms with E-state index in [0.717, 1.165) is 0 Å². The maximum atomic E-state index is 13.7. The molecule has 0 spiro atoms. The van der Waals surface area contributed by atoms with Gasteiger partial charge in [0, 0.05) is 25.2 Å². The number of carbonyl (C=O) groups excluding carboxylic acids is 1. The molecule has 2 atom stereocenters. The molecule has 2 unspecified atom stereocenters. The zero-order valence-corrected chi connectivity index (χ0v) is 14.1. The number of fused-ring (bicyclic) bond motifs is 3. The topological polar surface area (TPSA) is 90.1 Å². The molecule has 1 N–H and O–H groups in total. The summed E-state index contributed by atoms with van der Waals surface area (Å²) < 4.78 is 42.8. The molecule has 4 heterocycles. The van der Waals surface area contributed by atoms with Crippen LogP contribution in [0.1, 0.15) is 24.6 Å². The number of likely N-dealkylation sites (tertiary alicyclic amines) is 1. The number of carbonyl (C=O) groups is 1. The Balaban J connectivity index is 1.82. The molecule has 1 aliphatic heterocycles. The van der Waals surface area contributed by atoms with Crippen molar-refractivity contribution in [3.8, 4) is 6.07 Å². The third-order valence-electron chi connectivity index (χ3n) is 5.03. The molecule has 10 heteroatoms. The third-order valence-corrected chi connectivity index (χ3v) is 5.03. The number of piperidine rings is 1. The highest BCUT2D eigenvalue weighted by atomic mass is 19.4. The summed E-state index contributed by atoms with van der Waals surface area (Å²) in [6.45, 7) is -0.149. The maximum absolute atomic E-state index is 13.7. The highest BCUT2D eigenvalue weighted by Crippen LogP contribution is 2.43. The van der Waals surface area contributed by atoms with Gasteiger partial charge in [0.2, 0.25) is 5.91 Å². The summed E-state index contributed by atoms with van der Waals surface area (Å²) in [6, 6.07) is 3.49. The van der Waals surface area contributed by atoms with E-state index in [9.17, 15) is 18.0 Å².